The lowest BCUT2D eigenvalue weighted by molar-refractivity contribution is 0.0663. The molecule has 1 aliphatic heterocycles. The van der Waals surface area contributed by atoms with Crippen molar-refractivity contribution in [3.05, 3.63) is 59.9 Å². The summed E-state index contributed by atoms with van der Waals surface area (Å²) in [6.07, 6.45) is -0.588. The van der Waals surface area contributed by atoms with Crippen LogP contribution in [0.2, 0.25) is 0 Å². The fraction of sp³-hybridized carbons (Fsp3) is 0.381. The van der Waals surface area contributed by atoms with E-state index in [9.17, 15) is 14.3 Å². The zero-order valence-corrected chi connectivity index (χ0v) is 15.5. The fourth-order valence-corrected chi connectivity index (χ4v) is 3.17. The van der Waals surface area contributed by atoms with Crippen LogP contribution in [0.1, 0.15) is 17.3 Å². The Morgan fingerprint density at radius 3 is 2.30 bits per heavy atom. The van der Waals surface area contributed by atoms with Gasteiger partial charge in [-0.2, -0.15) is 0 Å². The second kappa shape index (κ2) is 8.97. The van der Waals surface area contributed by atoms with Gasteiger partial charge < -0.3 is 14.7 Å². The molecule has 1 saturated heterocycles. The van der Waals surface area contributed by atoms with Crippen molar-refractivity contribution in [2.24, 2.45) is 0 Å². The Bertz CT molecular complexity index is 741. The molecule has 0 aromatic heterocycles. The van der Waals surface area contributed by atoms with E-state index in [1.54, 1.807) is 36.4 Å². The predicted octanol–water partition coefficient (Wildman–Crippen LogP) is 2.59. The molecule has 6 heteroatoms. The molecular formula is C21H25FN2O3. The summed E-state index contributed by atoms with van der Waals surface area (Å²) in [4.78, 5) is 15.7. The first kappa shape index (κ1) is 19.3. The highest BCUT2D eigenvalue weighted by atomic mass is 19.1. The summed E-state index contributed by atoms with van der Waals surface area (Å²) in [6.45, 7) is 5.62. The zero-order chi connectivity index (χ0) is 19.2. The molecule has 2 aromatic carbocycles. The topological polar surface area (TPSA) is 53.0 Å². The van der Waals surface area contributed by atoms with Crippen LogP contribution in [0.4, 0.5) is 10.1 Å². The zero-order valence-electron chi connectivity index (χ0n) is 15.5. The standard InChI is InChI=1S/C21H25FN2O3/c1-16(25)17-2-8-21(9-3-17)27-15-20(26)14-23-10-12-24(13-11-23)19-6-4-18(22)5-7-19/h2-9,20,26H,10-15H2,1H3/t20-/m1/s1. The van der Waals surface area contributed by atoms with Crippen LogP contribution in [0.25, 0.3) is 0 Å². The number of ketones is 1. The van der Waals surface area contributed by atoms with E-state index in [-0.39, 0.29) is 18.2 Å². The average Bonchev–Trinajstić information content (AvgIpc) is 2.68. The lowest BCUT2D eigenvalue weighted by Gasteiger charge is -2.36. The number of hydrogen-bond acceptors (Lipinski definition) is 5. The largest absolute Gasteiger partial charge is 0.491 e. The van der Waals surface area contributed by atoms with Crippen LogP contribution in [0.3, 0.4) is 0 Å². The van der Waals surface area contributed by atoms with Crippen molar-refractivity contribution in [2.75, 3.05) is 44.2 Å². The maximum Gasteiger partial charge on any atom is 0.159 e. The van der Waals surface area contributed by atoms with E-state index in [4.69, 9.17) is 4.74 Å². The van der Waals surface area contributed by atoms with Crippen LogP contribution >= 0.6 is 0 Å². The lowest BCUT2D eigenvalue weighted by atomic mass is 10.1. The third-order valence-electron chi connectivity index (χ3n) is 4.74. The van der Waals surface area contributed by atoms with Crippen LogP contribution in [-0.4, -0.2) is 61.2 Å². The number of aliphatic hydroxyl groups is 1. The van der Waals surface area contributed by atoms with E-state index in [1.165, 1.54) is 19.1 Å². The molecule has 0 amide bonds. The number of piperazine rings is 1. The first-order valence-corrected chi connectivity index (χ1v) is 9.16. The Hall–Kier alpha value is -2.44. The minimum Gasteiger partial charge on any atom is -0.491 e. The Balaban J connectivity index is 1.40. The summed E-state index contributed by atoms with van der Waals surface area (Å²) in [6, 6.07) is 13.5. The highest BCUT2D eigenvalue weighted by molar-refractivity contribution is 5.94. The molecule has 1 heterocycles. The summed E-state index contributed by atoms with van der Waals surface area (Å²) in [7, 11) is 0. The van der Waals surface area contributed by atoms with E-state index >= 15 is 0 Å². The van der Waals surface area contributed by atoms with Gasteiger partial charge in [-0.15, -0.1) is 0 Å². The van der Waals surface area contributed by atoms with Crippen LogP contribution in [0.5, 0.6) is 5.75 Å². The van der Waals surface area contributed by atoms with Crippen molar-refractivity contribution in [3.63, 3.8) is 0 Å². The van der Waals surface area contributed by atoms with E-state index in [0.717, 1.165) is 31.9 Å². The fourth-order valence-electron chi connectivity index (χ4n) is 3.17. The molecule has 0 aliphatic carbocycles. The SMILES string of the molecule is CC(=O)c1ccc(OC[C@H](O)CN2CCN(c3ccc(F)cc3)CC2)cc1. The number of carbonyl (C=O) groups excluding carboxylic acids is 1. The molecule has 0 saturated carbocycles. The second-order valence-corrected chi connectivity index (χ2v) is 6.81. The summed E-state index contributed by atoms with van der Waals surface area (Å²) in [5.41, 5.74) is 1.66. The molecule has 2 aromatic rings. The molecule has 144 valence electrons. The number of aliphatic hydroxyl groups excluding tert-OH is 1. The Morgan fingerprint density at radius 2 is 1.70 bits per heavy atom. The van der Waals surface area contributed by atoms with Gasteiger partial charge in [0.25, 0.3) is 0 Å². The smallest absolute Gasteiger partial charge is 0.159 e. The van der Waals surface area contributed by atoms with Gasteiger partial charge in [-0.3, -0.25) is 9.69 Å². The monoisotopic (exact) mass is 372 g/mol. The van der Waals surface area contributed by atoms with E-state index < -0.39 is 6.10 Å². The average molecular weight is 372 g/mol. The van der Waals surface area contributed by atoms with E-state index in [2.05, 4.69) is 9.80 Å². The number of ether oxygens (including phenoxy) is 1. The second-order valence-electron chi connectivity index (χ2n) is 6.81. The lowest BCUT2D eigenvalue weighted by Crippen LogP contribution is -2.49. The van der Waals surface area contributed by atoms with E-state index in [0.29, 0.717) is 17.9 Å². The van der Waals surface area contributed by atoms with E-state index in [1.807, 2.05) is 0 Å². The molecule has 3 rings (SSSR count). The van der Waals surface area contributed by atoms with Gasteiger partial charge in [0.05, 0.1) is 0 Å². The number of hydrogen-bond donors (Lipinski definition) is 1. The molecule has 1 fully saturated rings. The Kier molecular flexibility index (Phi) is 6.42. The molecule has 1 aliphatic rings. The maximum atomic E-state index is 13.0. The Morgan fingerprint density at radius 1 is 1.07 bits per heavy atom. The van der Waals surface area contributed by atoms with Crippen molar-refractivity contribution < 1.29 is 19.0 Å². The summed E-state index contributed by atoms with van der Waals surface area (Å²) >= 11 is 0. The third-order valence-corrected chi connectivity index (χ3v) is 4.74. The van der Waals surface area contributed by atoms with Crippen molar-refractivity contribution in [3.8, 4) is 5.75 Å². The number of carbonyl (C=O) groups is 1. The molecule has 0 radical (unpaired) electrons. The summed E-state index contributed by atoms with van der Waals surface area (Å²) in [5, 5.41) is 10.2. The quantitative estimate of drug-likeness (QED) is 0.757. The molecule has 0 spiro atoms. The summed E-state index contributed by atoms with van der Waals surface area (Å²) < 4.78 is 18.6. The minimum atomic E-state index is -0.588. The molecule has 1 atom stereocenters. The number of β-amino-alcohol motifs (C(OH)–C–C–N with tert-alkyl or cyclic N) is 1. The summed E-state index contributed by atoms with van der Waals surface area (Å²) in [5.74, 6) is 0.429. The van der Waals surface area contributed by atoms with Crippen LogP contribution < -0.4 is 9.64 Å². The maximum absolute atomic E-state index is 13.0. The molecule has 0 bridgehead atoms. The predicted molar refractivity (Wildman–Crippen MR) is 103 cm³/mol. The van der Waals surface area contributed by atoms with Gasteiger partial charge in [0.2, 0.25) is 0 Å². The first-order valence-electron chi connectivity index (χ1n) is 9.16. The van der Waals surface area contributed by atoms with Gasteiger partial charge >= 0.3 is 0 Å². The third kappa shape index (κ3) is 5.52. The van der Waals surface area contributed by atoms with Crippen LogP contribution in [0.15, 0.2) is 48.5 Å². The molecule has 27 heavy (non-hydrogen) atoms. The highest BCUT2D eigenvalue weighted by Crippen LogP contribution is 2.17. The van der Waals surface area contributed by atoms with Crippen molar-refractivity contribution in [1.82, 2.24) is 4.90 Å². The van der Waals surface area contributed by atoms with Crippen LogP contribution in [0, 0.1) is 5.82 Å². The van der Waals surface area contributed by atoms with Gasteiger partial charge in [-0.25, -0.2) is 4.39 Å². The van der Waals surface area contributed by atoms with Gasteiger partial charge in [0.15, 0.2) is 5.78 Å². The number of rotatable bonds is 7. The van der Waals surface area contributed by atoms with Gasteiger partial charge in [-0.05, 0) is 55.5 Å². The Labute approximate surface area is 159 Å². The van der Waals surface area contributed by atoms with Crippen molar-refractivity contribution in [2.45, 2.75) is 13.0 Å². The number of halogens is 1. The molecule has 0 unspecified atom stereocenters. The van der Waals surface area contributed by atoms with Crippen LogP contribution in [-0.2, 0) is 0 Å². The van der Waals surface area contributed by atoms with Gasteiger partial charge in [-0.1, -0.05) is 0 Å². The van der Waals surface area contributed by atoms with Crippen molar-refractivity contribution >= 4 is 11.5 Å². The molecular weight excluding hydrogens is 347 g/mol. The number of benzene rings is 2. The molecule has 1 N–H and O–H groups in total. The number of nitrogens with zero attached hydrogens (tertiary/aromatic N) is 2. The van der Waals surface area contributed by atoms with Gasteiger partial charge in [0, 0.05) is 44.0 Å². The normalized spacial score (nSPS) is 16.2. The minimum absolute atomic E-state index is 0.0152. The number of anilines is 1. The van der Waals surface area contributed by atoms with Gasteiger partial charge in [0.1, 0.15) is 24.3 Å². The first-order chi connectivity index (χ1) is 13.0. The number of Topliss-reactive ketones (excluding diaryl/α,β-unsaturated/α-hetero) is 1. The van der Waals surface area contributed by atoms with Crippen molar-refractivity contribution in [1.29, 1.82) is 0 Å². The molecule has 5 nitrogen and oxygen atoms in total. The highest BCUT2D eigenvalue weighted by Gasteiger charge is 2.19.